The van der Waals surface area contributed by atoms with Gasteiger partial charge in [-0.05, 0) is 60.0 Å². The Hall–Kier alpha value is -4.23. The lowest BCUT2D eigenvalue weighted by atomic mass is 10.1. The third-order valence-electron chi connectivity index (χ3n) is 5.35. The highest BCUT2D eigenvalue weighted by Crippen LogP contribution is 2.25. The number of aromatic nitrogens is 2. The Balaban J connectivity index is 1.35. The number of carbonyl (C=O) groups excluding carboxylic acids is 2. The quantitative estimate of drug-likeness (QED) is 0.353. The van der Waals surface area contributed by atoms with Gasteiger partial charge in [0.15, 0.2) is 0 Å². The van der Waals surface area contributed by atoms with Gasteiger partial charge in [-0.3, -0.25) is 9.59 Å². The molecule has 7 heteroatoms. The number of imidazole rings is 1. The molecule has 33 heavy (non-hydrogen) atoms. The predicted molar refractivity (Wildman–Crippen MR) is 133 cm³/mol. The van der Waals surface area contributed by atoms with Crippen LogP contribution in [-0.2, 0) is 0 Å². The maximum Gasteiger partial charge on any atom is 0.268 e. The van der Waals surface area contributed by atoms with Gasteiger partial charge in [0.25, 0.3) is 11.8 Å². The lowest BCUT2D eigenvalue weighted by Crippen LogP contribution is -2.28. The largest absolute Gasteiger partial charge is 0.338 e. The molecule has 5 rings (SSSR count). The number of carbonyl (C=O) groups is 2. The molecule has 162 valence electrons. The van der Waals surface area contributed by atoms with Gasteiger partial charge in [-0.1, -0.05) is 30.3 Å². The average molecular weight is 453 g/mol. The van der Waals surface area contributed by atoms with E-state index in [4.69, 9.17) is 0 Å². The van der Waals surface area contributed by atoms with Gasteiger partial charge in [-0.2, -0.15) is 0 Å². The first kappa shape index (κ1) is 20.7. The zero-order valence-corrected chi connectivity index (χ0v) is 18.6. The number of rotatable bonds is 5. The van der Waals surface area contributed by atoms with Crippen LogP contribution in [0.4, 0.5) is 11.4 Å². The molecular formula is C26H20N4O2S. The fourth-order valence-electron chi connectivity index (χ4n) is 3.63. The van der Waals surface area contributed by atoms with E-state index in [1.807, 2.05) is 66.0 Å². The van der Waals surface area contributed by atoms with Crippen LogP contribution < -0.4 is 10.2 Å². The molecule has 0 bridgehead atoms. The van der Waals surface area contributed by atoms with Gasteiger partial charge >= 0.3 is 0 Å². The zero-order valence-electron chi connectivity index (χ0n) is 17.8. The number of amides is 2. The van der Waals surface area contributed by atoms with Crippen LogP contribution in [0.15, 0.2) is 90.3 Å². The van der Waals surface area contributed by atoms with Crippen molar-refractivity contribution >= 4 is 45.6 Å². The molecule has 0 saturated carbocycles. The number of hydrogen-bond acceptors (Lipinski definition) is 4. The van der Waals surface area contributed by atoms with Crippen LogP contribution in [0.1, 0.15) is 20.0 Å². The maximum absolute atomic E-state index is 13.1. The minimum Gasteiger partial charge on any atom is -0.338 e. The third kappa shape index (κ3) is 4.14. The second-order valence-corrected chi connectivity index (χ2v) is 8.44. The summed E-state index contributed by atoms with van der Waals surface area (Å²) in [6, 6.07) is 26.0. The van der Waals surface area contributed by atoms with Crippen LogP contribution in [0, 0.1) is 0 Å². The Morgan fingerprint density at radius 2 is 1.67 bits per heavy atom. The SMILES string of the molecule is CN(C(=O)c1cccs1)c1ccccc1C(=O)Nc1ccc(-c2nc3ccccc3[nH]2)cc1. The van der Waals surface area contributed by atoms with Crippen molar-refractivity contribution in [3.63, 3.8) is 0 Å². The summed E-state index contributed by atoms with van der Waals surface area (Å²) in [6.45, 7) is 0. The molecule has 0 aliphatic carbocycles. The average Bonchev–Trinajstić information content (AvgIpc) is 3.54. The molecule has 3 aromatic carbocycles. The number of anilines is 2. The molecule has 5 aromatic rings. The lowest BCUT2D eigenvalue weighted by molar-refractivity contribution is 0.0996. The number of nitrogens with one attached hydrogen (secondary N) is 2. The van der Waals surface area contributed by atoms with Gasteiger partial charge in [0.1, 0.15) is 5.82 Å². The molecule has 0 unspecified atom stereocenters. The van der Waals surface area contributed by atoms with E-state index in [0.717, 1.165) is 22.4 Å². The van der Waals surface area contributed by atoms with Crippen LogP contribution >= 0.6 is 11.3 Å². The van der Waals surface area contributed by atoms with Crippen molar-refractivity contribution in [1.29, 1.82) is 0 Å². The first-order chi connectivity index (χ1) is 16.1. The molecule has 0 spiro atoms. The number of para-hydroxylation sites is 3. The first-order valence-corrected chi connectivity index (χ1v) is 11.3. The summed E-state index contributed by atoms with van der Waals surface area (Å²) in [6.07, 6.45) is 0. The van der Waals surface area contributed by atoms with Gasteiger partial charge in [0.2, 0.25) is 0 Å². The molecule has 2 N–H and O–H groups in total. The lowest BCUT2D eigenvalue weighted by Gasteiger charge is -2.20. The molecule has 0 aliphatic rings. The van der Waals surface area contributed by atoms with E-state index in [1.165, 1.54) is 16.2 Å². The van der Waals surface area contributed by atoms with Gasteiger partial charge in [0, 0.05) is 18.3 Å². The fourth-order valence-corrected chi connectivity index (χ4v) is 4.33. The molecule has 0 aliphatic heterocycles. The van der Waals surface area contributed by atoms with Crippen molar-refractivity contribution in [3.05, 3.63) is 101 Å². The summed E-state index contributed by atoms with van der Waals surface area (Å²) in [4.78, 5) is 35.9. The molecule has 0 saturated heterocycles. The topological polar surface area (TPSA) is 78.1 Å². The summed E-state index contributed by atoms with van der Waals surface area (Å²) in [5.41, 5.74) is 4.43. The van der Waals surface area contributed by atoms with E-state index in [-0.39, 0.29) is 11.8 Å². The van der Waals surface area contributed by atoms with Crippen molar-refractivity contribution < 1.29 is 9.59 Å². The van der Waals surface area contributed by atoms with Gasteiger partial charge in [0.05, 0.1) is 27.2 Å². The van der Waals surface area contributed by atoms with Crippen LogP contribution in [0.5, 0.6) is 0 Å². The van der Waals surface area contributed by atoms with Crippen LogP contribution in [0.25, 0.3) is 22.4 Å². The smallest absolute Gasteiger partial charge is 0.268 e. The highest BCUT2D eigenvalue weighted by molar-refractivity contribution is 7.12. The summed E-state index contributed by atoms with van der Waals surface area (Å²) in [5.74, 6) is 0.335. The first-order valence-electron chi connectivity index (χ1n) is 10.4. The number of aromatic amines is 1. The van der Waals surface area contributed by atoms with E-state index >= 15 is 0 Å². The second kappa shape index (κ2) is 8.72. The molecule has 0 radical (unpaired) electrons. The van der Waals surface area contributed by atoms with Crippen LogP contribution in [0.2, 0.25) is 0 Å². The monoisotopic (exact) mass is 452 g/mol. The number of thiophene rings is 1. The van der Waals surface area contributed by atoms with Crippen molar-refractivity contribution in [2.24, 2.45) is 0 Å². The Bertz CT molecular complexity index is 1410. The number of benzene rings is 3. The van der Waals surface area contributed by atoms with Gasteiger partial charge in [-0.25, -0.2) is 4.98 Å². The van der Waals surface area contributed by atoms with Crippen molar-refractivity contribution in [1.82, 2.24) is 9.97 Å². The number of H-pyrrole nitrogens is 1. The van der Waals surface area contributed by atoms with E-state index in [2.05, 4.69) is 15.3 Å². The molecule has 6 nitrogen and oxygen atoms in total. The van der Waals surface area contributed by atoms with E-state index < -0.39 is 0 Å². The molecule has 2 amide bonds. The fraction of sp³-hybridized carbons (Fsp3) is 0.0385. The summed E-state index contributed by atoms with van der Waals surface area (Å²) >= 11 is 1.37. The number of fused-ring (bicyclic) bond motifs is 1. The maximum atomic E-state index is 13.1. The Labute approximate surface area is 194 Å². The highest BCUT2D eigenvalue weighted by atomic mass is 32.1. The highest BCUT2D eigenvalue weighted by Gasteiger charge is 2.20. The van der Waals surface area contributed by atoms with Crippen LogP contribution in [-0.4, -0.2) is 28.8 Å². The minimum atomic E-state index is -0.284. The third-order valence-corrected chi connectivity index (χ3v) is 6.21. The summed E-state index contributed by atoms with van der Waals surface area (Å²) in [5, 5.41) is 4.78. The molecule has 0 fully saturated rings. The summed E-state index contributed by atoms with van der Waals surface area (Å²) < 4.78 is 0. The second-order valence-electron chi connectivity index (χ2n) is 7.49. The number of hydrogen-bond donors (Lipinski definition) is 2. The zero-order chi connectivity index (χ0) is 22.8. The van der Waals surface area contributed by atoms with E-state index in [9.17, 15) is 9.59 Å². The van der Waals surface area contributed by atoms with E-state index in [1.54, 1.807) is 31.3 Å². The predicted octanol–water partition coefficient (Wildman–Crippen LogP) is 5.82. The van der Waals surface area contributed by atoms with Gasteiger partial charge in [-0.15, -0.1) is 11.3 Å². The van der Waals surface area contributed by atoms with Crippen molar-refractivity contribution in [2.75, 3.05) is 17.3 Å². The molecule has 0 atom stereocenters. The standard InChI is InChI=1S/C26H20N4O2S/c1-30(26(32)23-11-6-16-33-23)22-10-5-2-7-19(22)25(31)27-18-14-12-17(13-15-18)24-28-20-8-3-4-9-21(20)29-24/h2-16H,1H3,(H,27,31)(H,28,29). The molecular weight excluding hydrogens is 432 g/mol. The van der Waals surface area contributed by atoms with Crippen molar-refractivity contribution in [2.45, 2.75) is 0 Å². The van der Waals surface area contributed by atoms with Crippen LogP contribution in [0.3, 0.4) is 0 Å². The Morgan fingerprint density at radius 3 is 2.42 bits per heavy atom. The Morgan fingerprint density at radius 1 is 0.909 bits per heavy atom. The molecule has 2 aromatic heterocycles. The van der Waals surface area contributed by atoms with Crippen molar-refractivity contribution in [3.8, 4) is 11.4 Å². The molecule has 2 heterocycles. The normalized spacial score (nSPS) is 10.8. The summed E-state index contributed by atoms with van der Waals surface area (Å²) in [7, 11) is 1.68. The van der Waals surface area contributed by atoms with Gasteiger partial charge < -0.3 is 15.2 Å². The number of nitrogens with zero attached hydrogens (tertiary/aromatic N) is 2. The minimum absolute atomic E-state index is 0.152. The van der Waals surface area contributed by atoms with E-state index in [0.29, 0.717) is 21.8 Å². The Kier molecular flexibility index (Phi) is 5.46.